The Kier molecular flexibility index (Phi) is 6.44. The second-order valence-electron chi connectivity index (χ2n) is 4.56. The van der Waals surface area contributed by atoms with E-state index in [1.54, 1.807) is 7.11 Å². The minimum Gasteiger partial charge on any atom is -0.496 e. The second kappa shape index (κ2) is 7.59. The van der Waals surface area contributed by atoms with Gasteiger partial charge in [0.05, 0.1) is 11.6 Å². The van der Waals surface area contributed by atoms with E-state index in [0.29, 0.717) is 6.04 Å². The van der Waals surface area contributed by atoms with Gasteiger partial charge in [-0.15, -0.1) is 6.58 Å². The number of ether oxygens (including phenoxy) is 1. The molecule has 0 spiro atoms. The lowest BCUT2D eigenvalue weighted by atomic mass is 10.00. The molecule has 0 heterocycles. The van der Waals surface area contributed by atoms with Crippen LogP contribution in [0.4, 0.5) is 0 Å². The number of halogens is 1. The summed E-state index contributed by atoms with van der Waals surface area (Å²) in [5.74, 6) is 0.864. The van der Waals surface area contributed by atoms with Crippen molar-refractivity contribution in [2.75, 3.05) is 13.7 Å². The van der Waals surface area contributed by atoms with Gasteiger partial charge in [0.1, 0.15) is 5.75 Å². The number of benzene rings is 1. The van der Waals surface area contributed by atoms with Crippen molar-refractivity contribution in [3.05, 3.63) is 40.4 Å². The molecule has 0 saturated heterocycles. The van der Waals surface area contributed by atoms with Crippen LogP contribution in [0.2, 0.25) is 0 Å². The van der Waals surface area contributed by atoms with Gasteiger partial charge in [0.25, 0.3) is 0 Å². The zero-order chi connectivity index (χ0) is 13.5. The lowest BCUT2D eigenvalue weighted by molar-refractivity contribution is 0.411. The number of nitrogens with one attached hydrogen (secondary N) is 1. The predicted octanol–water partition coefficient (Wildman–Crippen LogP) is 4.46. The molecular weight excluding hydrogens is 290 g/mol. The smallest absolute Gasteiger partial charge is 0.133 e. The molecule has 0 fully saturated rings. The first-order valence-corrected chi connectivity index (χ1v) is 7.09. The fourth-order valence-corrected chi connectivity index (χ4v) is 2.43. The van der Waals surface area contributed by atoms with Gasteiger partial charge >= 0.3 is 0 Å². The molecule has 0 aromatic heterocycles. The van der Waals surface area contributed by atoms with Crippen molar-refractivity contribution in [1.82, 2.24) is 5.32 Å². The third-order valence-corrected chi connectivity index (χ3v) is 3.39. The third kappa shape index (κ3) is 4.46. The highest BCUT2D eigenvalue weighted by atomic mass is 79.9. The standard InChI is InChI=1S/C15H22BrNO/c1-5-8-17-14(9-11(2)3)12-6-7-15(18-4)13(16)10-12/h6-7,10,14,17H,2,5,8-9H2,1,3-4H3. The van der Waals surface area contributed by atoms with Gasteiger partial charge in [-0.1, -0.05) is 18.6 Å². The summed E-state index contributed by atoms with van der Waals surface area (Å²) in [5, 5.41) is 3.56. The molecule has 0 aliphatic heterocycles. The molecule has 0 aliphatic rings. The summed E-state index contributed by atoms with van der Waals surface area (Å²) in [4.78, 5) is 0. The van der Waals surface area contributed by atoms with Crippen LogP contribution in [0.3, 0.4) is 0 Å². The molecule has 0 aliphatic carbocycles. The van der Waals surface area contributed by atoms with Gasteiger partial charge in [0, 0.05) is 6.04 Å². The molecule has 1 unspecified atom stereocenters. The first-order chi connectivity index (χ1) is 8.58. The lowest BCUT2D eigenvalue weighted by Crippen LogP contribution is -2.22. The van der Waals surface area contributed by atoms with E-state index in [1.165, 1.54) is 11.1 Å². The van der Waals surface area contributed by atoms with Crippen LogP contribution in [0.5, 0.6) is 5.75 Å². The average Bonchev–Trinajstić information content (AvgIpc) is 2.34. The normalized spacial score (nSPS) is 12.2. The summed E-state index contributed by atoms with van der Waals surface area (Å²) in [6.07, 6.45) is 2.09. The van der Waals surface area contributed by atoms with E-state index >= 15 is 0 Å². The molecule has 1 atom stereocenters. The Bertz CT molecular complexity index is 403. The van der Waals surface area contributed by atoms with Gasteiger partial charge in [-0.25, -0.2) is 0 Å². The van der Waals surface area contributed by atoms with Crippen LogP contribution >= 0.6 is 15.9 Å². The predicted molar refractivity (Wildman–Crippen MR) is 81.2 cm³/mol. The molecule has 1 aromatic rings. The highest BCUT2D eigenvalue weighted by Crippen LogP contribution is 2.30. The van der Waals surface area contributed by atoms with E-state index in [9.17, 15) is 0 Å². The van der Waals surface area contributed by atoms with E-state index in [1.807, 2.05) is 6.07 Å². The molecule has 100 valence electrons. The molecule has 1 N–H and O–H groups in total. The average molecular weight is 312 g/mol. The van der Waals surface area contributed by atoms with Crippen molar-refractivity contribution in [3.63, 3.8) is 0 Å². The summed E-state index contributed by atoms with van der Waals surface area (Å²) < 4.78 is 6.25. The summed E-state index contributed by atoms with van der Waals surface area (Å²) in [6.45, 7) is 9.27. The van der Waals surface area contributed by atoms with Crippen molar-refractivity contribution in [3.8, 4) is 5.75 Å². The van der Waals surface area contributed by atoms with E-state index < -0.39 is 0 Å². The topological polar surface area (TPSA) is 21.3 Å². The Labute approximate surface area is 119 Å². The molecule has 3 heteroatoms. The second-order valence-corrected chi connectivity index (χ2v) is 5.42. The maximum absolute atomic E-state index is 5.26. The Balaban J connectivity index is 2.89. The minimum absolute atomic E-state index is 0.324. The molecular formula is C15H22BrNO. The van der Waals surface area contributed by atoms with Gasteiger partial charge in [-0.2, -0.15) is 0 Å². The molecule has 0 radical (unpaired) electrons. The van der Waals surface area contributed by atoms with Crippen molar-refractivity contribution in [1.29, 1.82) is 0 Å². The monoisotopic (exact) mass is 311 g/mol. The van der Waals surface area contributed by atoms with Gasteiger partial charge < -0.3 is 10.1 Å². The third-order valence-electron chi connectivity index (χ3n) is 2.77. The van der Waals surface area contributed by atoms with Gasteiger partial charge in [-0.05, 0) is 59.9 Å². The Morgan fingerprint density at radius 1 is 1.50 bits per heavy atom. The highest BCUT2D eigenvalue weighted by molar-refractivity contribution is 9.10. The highest BCUT2D eigenvalue weighted by Gasteiger charge is 2.12. The van der Waals surface area contributed by atoms with Crippen molar-refractivity contribution >= 4 is 15.9 Å². The van der Waals surface area contributed by atoms with E-state index in [2.05, 4.69) is 53.8 Å². The molecule has 0 amide bonds. The quantitative estimate of drug-likeness (QED) is 0.750. The fraction of sp³-hybridized carbons (Fsp3) is 0.467. The zero-order valence-corrected chi connectivity index (χ0v) is 13.0. The van der Waals surface area contributed by atoms with Crippen LogP contribution in [0.25, 0.3) is 0 Å². The van der Waals surface area contributed by atoms with Crippen LogP contribution in [0.1, 0.15) is 38.3 Å². The van der Waals surface area contributed by atoms with Gasteiger partial charge in [0.15, 0.2) is 0 Å². The minimum atomic E-state index is 0.324. The summed E-state index contributed by atoms with van der Waals surface area (Å²) in [5.41, 5.74) is 2.45. The Morgan fingerprint density at radius 2 is 2.22 bits per heavy atom. The summed E-state index contributed by atoms with van der Waals surface area (Å²) in [7, 11) is 1.68. The van der Waals surface area contributed by atoms with Crippen LogP contribution < -0.4 is 10.1 Å². The number of rotatable bonds is 7. The zero-order valence-electron chi connectivity index (χ0n) is 11.4. The van der Waals surface area contributed by atoms with E-state index in [4.69, 9.17) is 4.74 Å². The number of hydrogen-bond donors (Lipinski definition) is 1. The molecule has 2 nitrogen and oxygen atoms in total. The molecule has 0 bridgehead atoms. The SMILES string of the molecule is C=C(C)CC(NCCC)c1ccc(OC)c(Br)c1. The maximum atomic E-state index is 5.26. The van der Waals surface area contributed by atoms with Crippen molar-refractivity contribution < 1.29 is 4.74 Å². The summed E-state index contributed by atoms with van der Waals surface area (Å²) >= 11 is 3.53. The molecule has 1 aromatic carbocycles. The van der Waals surface area contributed by atoms with Gasteiger partial charge in [-0.3, -0.25) is 0 Å². The Morgan fingerprint density at radius 3 is 2.72 bits per heavy atom. The van der Waals surface area contributed by atoms with Gasteiger partial charge in [0.2, 0.25) is 0 Å². The first kappa shape index (κ1) is 15.3. The van der Waals surface area contributed by atoms with Crippen LogP contribution in [0, 0.1) is 0 Å². The molecule has 0 saturated carbocycles. The molecule has 18 heavy (non-hydrogen) atoms. The van der Waals surface area contributed by atoms with Crippen molar-refractivity contribution in [2.24, 2.45) is 0 Å². The maximum Gasteiger partial charge on any atom is 0.133 e. The first-order valence-electron chi connectivity index (χ1n) is 6.29. The number of hydrogen-bond acceptors (Lipinski definition) is 2. The number of methoxy groups -OCH3 is 1. The van der Waals surface area contributed by atoms with Crippen LogP contribution in [-0.4, -0.2) is 13.7 Å². The van der Waals surface area contributed by atoms with Crippen LogP contribution in [0.15, 0.2) is 34.8 Å². The van der Waals surface area contributed by atoms with E-state index in [0.717, 1.165) is 29.6 Å². The fourth-order valence-electron chi connectivity index (χ4n) is 1.87. The summed E-state index contributed by atoms with van der Waals surface area (Å²) in [6, 6.07) is 6.55. The van der Waals surface area contributed by atoms with Crippen molar-refractivity contribution in [2.45, 2.75) is 32.7 Å². The lowest BCUT2D eigenvalue weighted by Gasteiger charge is -2.20. The largest absolute Gasteiger partial charge is 0.496 e. The van der Waals surface area contributed by atoms with E-state index in [-0.39, 0.29) is 0 Å². The Hall–Kier alpha value is -0.800. The van der Waals surface area contributed by atoms with Crippen LogP contribution in [-0.2, 0) is 0 Å². The molecule has 1 rings (SSSR count).